The van der Waals surface area contributed by atoms with E-state index >= 15 is 4.39 Å². The lowest BCUT2D eigenvalue weighted by molar-refractivity contribution is -0.150. The number of aryl methyl sites for hydroxylation is 1. The second-order valence-electron chi connectivity index (χ2n) is 14.6. The molecule has 7 N–H and O–H groups in total. The van der Waals surface area contributed by atoms with Crippen LogP contribution in [-0.4, -0.2) is 95.8 Å². The topological polar surface area (TPSA) is 217 Å². The van der Waals surface area contributed by atoms with Gasteiger partial charge in [-0.15, -0.1) is 0 Å². The summed E-state index contributed by atoms with van der Waals surface area (Å²) in [5.41, 5.74) is 5.13. The quantitative estimate of drug-likeness (QED) is 0.0921. The lowest BCUT2D eigenvalue weighted by Gasteiger charge is -2.40. The SMILES string of the molecule is CCn1cc(C(=O)O)c(=O)c2cc(F)c(N3CCN(C(=O)OCc4ccc(NC[C@H](CCCNC(N)=O)NC(=O)C5(C(=O)NC(C)C)CCC5)cc4)CC3)cc21. The number of carbonyl (C=O) groups excluding carboxylic acids is 4. The number of hydrogen-bond donors (Lipinski definition) is 6. The number of nitrogens with one attached hydrogen (secondary N) is 4. The molecule has 3 aromatic rings. The third-order valence-corrected chi connectivity index (χ3v) is 10.3. The lowest BCUT2D eigenvalue weighted by Crippen LogP contribution is -2.58. The molecule has 17 heteroatoms. The molecule has 1 atom stereocenters. The van der Waals surface area contributed by atoms with Gasteiger partial charge in [-0.3, -0.25) is 14.4 Å². The van der Waals surface area contributed by atoms with Crippen molar-refractivity contribution in [1.29, 1.82) is 0 Å². The van der Waals surface area contributed by atoms with Crippen molar-refractivity contribution in [2.75, 3.05) is 49.5 Å². The van der Waals surface area contributed by atoms with Gasteiger partial charge in [0.25, 0.3) is 0 Å². The summed E-state index contributed by atoms with van der Waals surface area (Å²) in [4.78, 5) is 78.1. The highest BCUT2D eigenvalue weighted by molar-refractivity contribution is 6.06. The molecule has 0 spiro atoms. The van der Waals surface area contributed by atoms with Crippen LogP contribution in [0.1, 0.15) is 68.8 Å². The molecule has 0 radical (unpaired) electrons. The molecule has 16 nitrogen and oxygen atoms in total. The Hall–Kier alpha value is -5.87. The van der Waals surface area contributed by atoms with E-state index in [1.165, 1.54) is 6.20 Å². The van der Waals surface area contributed by atoms with Crippen LogP contribution in [-0.2, 0) is 27.5 Å². The number of fused-ring (bicyclic) bond motifs is 1. The van der Waals surface area contributed by atoms with Crippen molar-refractivity contribution in [3.05, 3.63) is 69.8 Å². The van der Waals surface area contributed by atoms with Crippen LogP contribution < -0.4 is 37.3 Å². The molecule has 2 heterocycles. The molecule has 1 aliphatic carbocycles. The first-order valence-electron chi connectivity index (χ1n) is 19.0. The molecule has 5 rings (SSSR count). The number of anilines is 2. The number of hydrogen-bond acceptors (Lipinski definition) is 9. The number of benzene rings is 2. The van der Waals surface area contributed by atoms with E-state index in [1.807, 2.05) is 38.1 Å². The van der Waals surface area contributed by atoms with Crippen LogP contribution in [0.4, 0.5) is 25.4 Å². The molecule has 1 aromatic heterocycles. The van der Waals surface area contributed by atoms with E-state index in [9.17, 15) is 33.9 Å². The molecule has 2 aromatic carbocycles. The number of carboxylic acids is 1. The first kappa shape index (κ1) is 41.3. The largest absolute Gasteiger partial charge is 0.477 e. The maximum Gasteiger partial charge on any atom is 0.410 e. The molecule has 302 valence electrons. The highest BCUT2D eigenvalue weighted by Crippen LogP contribution is 2.41. The summed E-state index contributed by atoms with van der Waals surface area (Å²) in [7, 11) is 0. The maximum absolute atomic E-state index is 15.3. The van der Waals surface area contributed by atoms with Gasteiger partial charge in [-0.1, -0.05) is 18.6 Å². The highest BCUT2D eigenvalue weighted by Gasteiger charge is 2.51. The number of ether oxygens (including phenoxy) is 1. The molecule has 0 unspecified atom stereocenters. The molecule has 2 aliphatic rings. The summed E-state index contributed by atoms with van der Waals surface area (Å²) in [6.07, 6.45) is 3.60. The standard InChI is InChI=1S/C39H51FN8O8/c1-4-46-22-29(34(50)51)33(49)28-19-30(40)32(20-31(28)46)47-15-17-48(18-16-47)38(55)56-23-25-8-10-26(11-9-25)43-21-27(7-5-14-42-37(41)54)45-36(53)39(12-6-13-39)35(52)44-24(2)3/h8-11,19-20,22,24,27,43H,4-7,12-18,21,23H2,1-3H3,(H,44,52)(H,45,53)(H,50,51)(H3,41,42,54)/t27-/m0/s1. The van der Waals surface area contributed by atoms with Gasteiger partial charge in [-0.2, -0.15) is 0 Å². The van der Waals surface area contributed by atoms with Crippen LogP contribution in [0.5, 0.6) is 0 Å². The first-order chi connectivity index (χ1) is 26.7. The Morgan fingerprint density at radius 3 is 2.27 bits per heavy atom. The predicted molar refractivity (Wildman–Crippen MR) is 208 cm³/mol. The summed E-state index contributed by atoms with van der Waals surface area (Å²) in [6.45, 7) is 7.79. The Bertz CT molecular complexity index is 1990. The van der Waals surface area contributed by atoms with Crippen LogP contribution in [0.2, 0.25) is 0 Å². The number of pyridine rings is 1. The second-order valence-corrected chi connectivity index (χ2v) is 14.6. The summed E-state index contributed by atoms with van der Waals surface area (Å²) in [5.74, 6) is -2.60. The Morgan fingerprint density at radius 2 is 1.68 bits per heavy atom. The van der Waals surface area contributed by atoms with Crippen LogP contribution in [0.25, 0.3) is 10.9 Å². The Balaban J connectivity index is 1.13. The van der Waals surface area contributed by atoms with Crippen molar-refractivity contribution < 1.29 is 38.2 Å². The minimum atomic E-state index is -1.37. The number of nitrogens with zero attached hydrogens (tertiary/aromatic N) is 3. The van der Waals surface area contributed by atoms with Crippen molar-refractivity contribution in [2.45, 2.75) is 78.1 Å². The van der Waals surface area contributed by atoms with Gasteiger partial charge >= 0.3 is 18.1 Å². The van der Waals surface area contributed by atoms with Gasteiger partial charge in [0.05, 0.1) is 11.2 Å². The number of carboxylic acid groups (broad SMARTS) is 1. The number of rotatable bonds is 16. The number of piperazine rings is 1. The van der Waals surface area contributed by atoms with Gasteiger partial charge in [-0.05, 0) is 76.3 Å². The maximum atomic E-state index is 15.3. The summed E-state index contributed by atoms with van der Waals surface area (Å²) < 4.78 is 22.5. The minimum Gasteiger partial charge on any atom is -0.477 e. The molecule has 0 bridgehead atoms. The third-order valence-electron chi connectivity index (χ3n) is 10.3. The number of amides is 5. The van der Waals surface area contributed by atoms with Crippen molar-refractivity contribution >= 4 is 52.2 Å². The molecule has 5 amide bonds. The zero-order valence-electron chi connectivity index (χ0n) is 32.0. The van der Waals surface area contributed by atoms with E-state index in [4.69, 9.17) is 10.5 Å². The molecule has 1 aliphatic heterocycles. The zero-order chi connectivity index (χ0) is 40.6. The van der Waals surface area contributed by atoms with Crippen LogP contribution in [0, 0.1) is 11.2 Å². The number of urea groups is 1. The monoisotopic (exact) mass is 778 g/mol. The number of aromatic nitrogens is 1. The predicted octanol–water partition coefficient (Wildman–Crippen LogP) is 3.36. The van der Waals surface area contributed by atoms with Gasteiger partial charge in [0.1, 0.15) is 23.4 Å². The van der Waals surface area contributed by atoms with Crippen LogP contribution in [0.3, 0.4) is 0 Å². The van der Waals surface area contributed by atoms with E-state index in [0.717, 1.165) is 23.7 Å². The van der Waals surface area contributed by atoms with Gasteiger partial charge in [0, 0.05) is 75.2 Å². The average Bonchev–Trinajstić information content (AvgIpc) is 3.14. The van der Waals surface area contributed by atoms with E-state index in [0.29, 0.717) is 63.9 Å². The summed E-state index contributed by atoms with van der Waals surface area (Å²) in [6, 6.07) is 8.86. The zero-order valence-corrected chi connectivity index (χ0v) is 32.0. The van der Waals surface area contributed by atoms with E-state index in [-0.39, 0.29) is 54.7 Å². The third kappa shape index (κ3) is 9.67. The normalized spacial score (nSPS) is 15.4. The van der Waals surface area contributed by atoms with Crippen molar-refractivity contribution in [1.82, 2.24) is 25.4 Å². The molecule has 1 saturated carbocycles. The number of primary amides is 1. The van der Waals surface area contributed by atoms with Gasteiger partial charge in [-0.25, -0.2) is 18.8 Å². The van der Waals surface area contributed by atoms with Crippen molar-refractivity contribution in [3.8, 4) is 0 Å². The summed E-state index contributed by atoms with van der Waals surface area (Å²) >= 11 is 0. The Labute approximate surface area is 323 Å². The Kier molecular flexibility index (Phi) is 13.4. The fourth-order valence-corrected chi connectivity index (χ4v) is 6.98. The van der Waals surface area contributed by atoms with Crippen LogP contribution in [0.15, 0.2) is 47.4 Å². The molecular formula is C39H51FN8O8. The lowest BCUT2D eigenvalue weighted by atomic mass is 9.67. The van der Waals surface area contributed by atoms with Crippen LogP contribution >= 0.6 is 0 Å². The van der Waals surface area contributed by atoms with Gasteiger partial charge < -0.3 is 51.2 Å². The summed E-state index contributed by atoms with van der Waals surface area (Å²) in [5, 5.41) is 21.2. The smallest absolute Gasteiger partial charge is 0.410 e. The van der Waals surface area contributed by atoms with E-state index in [1.54, 1.807) is 27.4 Å². The van der Waals surface area contributed by atoms with E-state index in [2.05, 4.69) is 21.3 Å². The molecule has 56 heavy (non-hydrogen) atoms. The highest BCUT2D eigenvalue weighted by atomic mass is 19.1. The minimum absolute atomic E-state index is 0.00972. The van der Waals surface area contributed by atoms with E-state index < -0.39 is 40.3 Å². The van der Waals surface area contributed by atoms with Crippen molar-refractivity contribution in [2.24, 2.45) is 11.1 Å². The van der Waals surface area contributed by atoms with Gasteiger partial charge in [0.15, 0.2) is 0 Å². The second kappa shape index (κ2) is 18.2. The fraction of sp³-hybridized carbons (Fsp3) is 0.487. The fourth-order valence-electron chi connectivity index (χ4n) is 6.98. The number of halogens is 1. The first-order valence-corrected chi connectivity index (χ1v) is 19.0. The van der Waals surface area contributed by atoms with Gasteiger partial charge in [0.2, 0.25) is 17.2 Å². The number of nitrogens with two attached hydrogens (primary N) is 1. The van der Waals surface area contributed by atoms with Crippen molar-refractivity contribution in [3.63, 3.8) is 0 Å². The molecule has 2 fully saturated rings. The number of aromatic carboxylic acids is 1. The molecular weight excluding hydrogens is 727 g/mol. The number of carbonyl (C=O) groups is 5. The average molecular weight is 779 g/mol. The Morgan fingerprint density at radius 1 is 1.00 bits per heavy atom. The molecule has 1 saturated heterocycles.